The average Bonchev–Trinajstić information content (AvgIpc) is 3.48. The molecule has 0 bridgehead atoms. The molecule has 2 fully saturated rings. The Morgan fingerprint density at radius 1 is 0.882 bits per heavy atom. The van der Waals surface area contributed by atoms with Crippen LogP contribution in [0.25, 0.3) is 0 Å². The first-order valence-corrected chi connectivity index (χ1v) is 12.2. The molecule has 1 saturated carbocycles. The van der Waals surface area contributed by atoms with E-state index in [0.717, 1.165) is 58.0 Å². The van der Waals surface area contributed by atoms with Crippen LogP contribution >= 0.6 is 0 Å². The standard InChI is InChI=1S/C27H29N3O4/c1-17-20(25(32)29-14-5-6-15-29)10-7-11-23(17)28-24(31)18-12-13-21-22(16-18)27(34)30(26(21)33)19-8-3-2-4-9-19/h7,10-13,16,19H,2-6,8-9,14-15H2,1H3,(H,28,31). The van der Waals surface area contributed by atoms with Gasteiger partial charge in [-0.3, -0.25) is 24.1 Å². The number of hydrogen-bond donors (Lipinski definition) is 1. The maximum absolute atomic E-state index is 13.1. The van der Waals surface area contributed by atoms with Crippen molar-refractivity contribution in [2.45, 2.75) is 57.9 Å². The summed E-state index contributed by atoms with van der Waals surface area (Å²) in [4.78, 5) is 55.1. The molecule has 2 heterocycles. The van der Waals surface area contributed by atoms with Gasteiger partial charge in [-0.2, -0.15) is 0 Å². The maximum Gasteiger partial charge on any atom is 0.261 e. The topological polar surface area (TPSA) is 86.8 Å². The van der Waals surface area contributed by atoms with Crippen molar-refractivity contribution in [2.75, 3.05) is 18.4 Å². The van der Waals surface area contributed by atoms with Crippen LogP contribution in [0.4, 0.5) is 5.69 Å². The summed E-state index contributed by atoms with van der Waals surface area (Å²) in [5.41, 5.74) is 2.81. The van der Waals surface area contributed by atoms with Gasteiger partial charge in [0.25, 0.3) is 23.6 Å². The van der Waals surface area contributed by atoms with Crippen molar-refractivity contribution in [1.82, 2.24) is 9.80 Å². The van der Waals surface area contributed by atoms with E-state index in [0.29, 0.717) is 27.9 Å². The van der Waals surface area contributed by atoms with Gasteiger partial charge in [-0.05, 0) is 68.5 Å². The Kier molecular flexibility index (Phi) is 5.94. The second-order valence-electron chi connectivity index (χ2n) is 9.46. The minimum absolute atomic E-state index is 0.0180. The molecule has 2 aromatic carbocycles. The fourth-order valence-corrected chi connectivity index (χ4v) is 5.36. The van der Waals surface area contributed by atoms with Gasteiger partial charge in [-0.15, -0.1) is 0 Å². The van der Waals surface area contributed by atoms with Crippen molar-refractivity contribution in [3.05, 3.63) is 64.2 Å². The van der Waals surface area contributed by atoms with Gasteiger partial charge in [0.2, 0.25) is 0 Å². The summed E-state index contributed by atoms with van der Waals surface area (Å²) in [5.74, 6) is -0.970. The highest BCUT2D eigenvalue weighted by Crippen LogP contribution is 2.32. The van der Waals surface area contributed by atoms with E-state index in [1.165, 1.54) is 11.0 Å². The summed E-state index contributed by atoms with van der Waals surface area (Å²) < 4.78 is 0. The van der Waals surface area contributed by atoms with E-state index in [-0.39, 0.29) is 35.2 Å². The Morgan fingerprint density at radius 2 is 1.59 bits per heavy atom. The van der Waals surface area contributed by atoms with Crippen molar-refractivity contribution < 1.29 is 19.2 Å². The Morgan fingerprint density at radius 3 is 2.32 bits per heavy atom. The molecule has 2 aromatic rings. The van der Waals surface area contributed by atoms with Gasteiger partial charge in [0.1, 0.15) is 0 Å². The predicted octanol–water partition coefficient (Wildman–Crippen LogP) is 4.41. The second-order valence-corrected chi connectivity index (χ2v) is 9.46. The summed E-state index contributed by atoms with van der Waals surface area (Å²) in [6.07, 6.45) is 6.87. The van der Waals surface area contributed by atoms with Gasteiger partial charge in [-0.1, -0.05) is 25.3 Å². The van der Waals surface area contributed by atoms with Crippen LogP contribution in [-0.4, -0.2) is 52.6 Å². The molecule has 34 heavy (non-hydrogen) atoms. The lowest BCUT2D eigenvalue weighted by Gasteiger charge is -2.29. The van der Waals surface area contributed by atoms with Crippen LogP contribution in [0.3, 0.4) is 0 Å². The smallest absolute Gasteiger partial charge is 0.261 e. The highest BCUT2D eigenvalue weighted by molar-refractivity contribution is 6.22. The number of anilines is 1. The summed E-state index contributed by atoms with van der Waals surface area (Å²) in [6, 6.07) is 9.93. The van der Waals surface area contributed by atoms with E-state index in [2.05, 4.69) is 5.32 Å². The Balaban J connectivity index is 1.36. The Hall–Kier alpha value is -3.48. The predicted molar refractivity (Wildman–Crippen MR) is 128 cm³/mol. The van der Waals surface area contributed by atoms with Crippen LogP contribution in [0.5, 0.6) is 0 Å². The van der Waals surface area contributed by atoms with Crippen LogP contribution in [0.1, 0.15) is 91.9 Å². The first-order valence-electron chi connectivity index (χ1n) is 12.2. The SMILES string of the molecule is Cc1c(NC(=O)c2ccc3c(c2)C(=O)N(C2CCCCC2)C3=O)cccc1C(=O)N1CCCC1. The number of rotatable bonds is 4. The van der Waals surface area contributed by atoms with Crippen molar-refractivity contribution in [3.8, 4) is 0 Å². The van der Waals surface area contributed by atoms with Gasteiger partial charge in [0.05, 0.1) is 11.1 Å². The highest BCUT2D eigenvalue weighted by Gasteiger charge is 2.40. The molecule has 0 spiro atoms. The lowest BCUT2D eigenvalue weighted by molar-refractivity contribution is 0.0548. The lowest BCUT2D eigenvalue weighted by atomic mass is 9.94. The number of hydrogen-bond acceptors (Lipinski definition) is 4. The molecule has 1 saturated heterocycles. The molecule has 0 unspecified atom stereocenters. The van der Waals surface area contributed by atoms with Crippen LogP contribution < -0.4 is 5.32 Å². The molecule has 3 aliphatic rings. The highest BCUT2D eigenvalue weighted by atomic mass is 16.2. The van der Waals surface area contributed by atoms with Crippen LogP contribution in [0.15, 0.2) is 36.4 Å². The number of carbonyl (C=O) groups excluding carboxylic acids is 4. The summed E-state index contributed by atoms with van der Waals surface area (Å²) in [6.45, 7) is 3.34. The normalized spacial score (nSPS) is 18.4. The minimum Gasteiger partial charge on any atom is -0.339 e. The molecule has 4 amide bonds. The number of carbonyl (C=O) groups is 4. The molecule has 0 aromatic heterocycles. The molecular formula is C27H29N3O4. The van der Waals surface area contributed by atoms with Crippen LogP contribution in [-0.2, 0) is 0 Å². The first kappa shape index (κ1) is 22.3. The zero-order valence-corrected chi connectivity index (χ0v) is 19.4. The van der Waals surface area contributed by atoms with E-state index in [1.54, 1.807) is 30.3 Å². The Bertz CT molecular complexity index is 1180. The second kappa shape index (κ2) is 9.05. The molecule has 1 aliphatic carbocycles. The molecule has 7 nitrogen and oxygen atoms in total. The molecule has 176 valence electrons. The van der Waals surface area contributed by atoms with Gasteiger partial charge >= 0.3 is 0 Å². The molecule has 7 heteroatoms. The molecule has 0 radical (unpaired) electrons. The van der Waals surface area contributed by atoms with Crippen molar-refractivity contribution in [3.63, 3.8) is 0 Å². The molecule has 1 N–H and O–H groups in total. The molecule has 0 atom stereocenters. The van der Waals surface area contributed by atoms with Gasteiger partial charge < -0.3 is 10.2 Å². The van der Waals surface area contributed by atoms with Crippen molar-refractivity contribution in [2.24, 2.45) is 0 Å². The van der Waals surface area contributed by atoms with Crippen LogP contribution in [0.2, 0.25) is 0 Å². The number of nitrogens with zero attached hydrogens (tertiary/aromatic N) is 2. The largest absolute Gasteiger partial charge is 0.339 e. The summed E-state index contributed by atoms with van der Waals surface area (Å²) in [7, 11) is 0. The maximum atomic E-state index is 13.1. The fourth-order valence-electron chi connectivity index (χ4n) is 5.36. The average molecular weight is 460 g/mol. The van der Waals surface area contributed by atoms with E-state index in [1.807, 2.05) is 11.8 Å². The van der Waals surface area contributed by atoms with Crippen molar-refractivity contribution >= 4 is 29.3 Å². The van der Waals surface area contributed by atoms with Crippen LogP contribution in [0, 0.1) is 6.92 Å². The van der Waals surface area contributed by atoms with Gasteiger partial charge in [0, 0.05) is 35.9 Å². The van der Waals surface area contributed by atoms with E-state index in [9.17, 15) is 19.2 Å². The monoisotopic (exact) mass is 459 g/mol. The van der Waals surface area contributed by atoms with Gasteiger partial charge in [0.15, 0.2) is 0 Å². The first-order chi connectivity index (χ1) is 16.5. The summed E-state index contributed by atoms with van der Waals surface area (Å²) >= 11 is 0. The van der Waals surface area contributed by atoms with E-state index < -0.39 is 0 Å². The minimum atomic E-state index is -0.381. The lowest BCUT2D eigenvalue weighted by Crippen LogP contribution is -2.40. The number of fused-ring (bicyclic) bond motifs is 1. The fraction of sp³-hybridized carbons (Fsp3) is 0.407. The van der Waals surface area contributed by atoms with E-state index in [4.69, 9.17) is 0 Å². The number of benzene rings is 2. The number of amides is 4. The molecule has 2 aliphatic heterocycles. The van der Waals surface area contributed by atoms with Crippen molar-refractivity contribution in [1.29, 1.82) is 0 Å². The zero-order valence-electron chi connectivity index (χ0n) is 19.4. The number of imide groups is 1. The number of likely N-dealkylation sites (tertiary alicyclic amines) is 1. The third kappa shape index (κ3) is 3.89. The quantitative estimate of drug-likeness (QED) is 0.686. The zero-order chi connectivity index (χ0) is 23.8. The van der Waals surface area contributed by atoms with E-state index >= 15 is 0 Å². The Labute approximate surface area is 199 Å². The summed E-state index contributed by atoms with van der Waals surface area (Å²) in [5, 5.41) is 2.88. The number of nitrogens with one attached hydrogen (secondary N) is 1. The molecule has 5 rings (SSSR count). The third-order valence-electron chi connectivity index (χ3n) is 7.33. The van der Waals surface area contributed by atoms with Gasteiger partial charge in [-0.25, -0.2) is 0 Å². The molecular weight excluding hydrogens is 430 g/mol. The third-order valence-corrected chi connectivity index (χ3v) is 7.33.